The number of fused-ring (bicyclic) bond motifs is 1. The summed E-state index contributed by atoms with van der Waals surface area (Å²) < 4.78 is 17.8. The van der Waals surface area contributed by atoms with Crippen LogP contribution >= 0.6 is 0 Å². The Morgan fingerprint density at radius 1 is 1.52 bits per heavy atom. The molecule has 6 N–H and O–H groups in total. The van der Waals surface area contributed by atoms with Crippen LogP contribution in [0.3, 0.4) is 0 Å². The fourth-order valence-corrected chi connectivity index (χ4v) is 2.41. The van der Waals surface area contributed by atoms with Gasteiger partial charge in [-0.3, -0.25) is 4.79 Å². The van der Waals surface area contributed by atoms with E-state index in [1.807, 2.05) is 0 Å². The first-order chi connectivity index (χ1) is 11.0. The molecule has 1 aliphatic carbocycles. The molecule has 1 aromatic heterocycles. The first kappa shape index (κ1) is 14.9. The maximum atomic E-state index is 13.3. The van der Waals surface area contributed by atoms with Gasteiger partial charge in [-0.2, -0.15) is 0 Å². The molecular formula is C13H13FN6O3. The number of nitrogens with two attached hydrogens (primary N) is 2. The van der Waals surface area contributed by atoms with E-state index in [9.17, 15) is 14.4 Å². The van der Waals surface area contributed by atoms with Gasteiger partial charge in [-0.05, 0) is 34.8 Å². The molecule has 1 amide bonds. The molecule has 2 aromatic rings. The lowest BCUT2D eigenvalue weighted by molar-refractivity contribution is -0.119. The standard InChI is InChI=1S/C13H13FN6O3/c14-6-2-1-5-3-8(7(5)4-6)17-13(18-22)11-10(19-23-20-11)9(15)12(16)21/h1-2,4,8-9,22H,3,15H2,(H2,16,21)(H,17,18)/t8-,9?/m0/s1. The number of carbonyl (C=O) groups excluding carboxylic acids is 1. The zero-order chi connectivity index (χ0) is 16.6. The molecule has 23 heavy (non-hydrogen) atoms. The van der Waals surface area contributed by atoms with E-state index < -0.39 is 11.9 Å². The van der Waals surface area contributed by atoms with E-state index in [2.05, 4.69) is 25.4 Å². The molecule has 3 rings (SSSR count). The first-order valence-electron chi connectivity index (χ1n) is 6.66. The van der Waals surface area contributed by atoms with Crippen LogP contribution in [0.4, 0.5) is 4.39 Å². The summed E-state index contributed by atoms with van der Waals surface area (Å²) in [6.45, 7) is 0. The van der Waals surface area contributed by atoms with Crippen molar-refractivity contribution in [1.29, 1.82) is 0 Å². The molecule has 120 valence electrons. The summed E-state index contributed by atoms with van der Waals surface area (Å²) in [5.74, 6) is -1.30. The van der Waals surface area contributed by atoms with Crippen LogP contribution in [0.1, 0.15) is 34.6 Å². The van der Waals surface area contributed by atoms with E-state index in [1.165, 1.54) is 12.1 Å². The van der Waals surface area contributed by atoms with E-state index in [4.69, 9.17) is 11.5 Å². The maximum Gasteiger partial charge on any atom is 0.240 e. The number of amidine groups is 1. The Morgan fingerprint density at radius 2 is 2.30 bits per heavy atom. The van der Waals surface area contributed by atoms with E-state index in [0.717, 1.165) is 11.1 Å². The molecule has 0 radical (unpaired) electrons. The number of amides is 1. The molecule has 1 aromatic carbocycles. The summed E-state index contributed by atoms with van der Waals surface area (Å²) in [4.78, 5) is 11.2. The van der Waals surface area contributed by atoms with Gasteiger partial charge in [-0.1, -0.05) is 16.4 Å². The Hall–Kier alpha value is -3.01. The summed E-state index contributed by atoms with van der Waals surface area (Å²) in [5.41, 5.74) is 12.3. The normalized spacial score (nSPS) is 18.0. The van der Waals surface area contributed by atoms with Gasteiger partial charge in [0, 0.05) is 0 Å². The molecule has 2 atom stereocenters. The number of nitrogens with zero attached hydrogens (tertiary/aromatic N) is 3. The largest absolute Gasteiger partial charge is 0.409 e. The van der Waals surface area contributed by atoms with E-state index in [0.29, 0.717) is 6.42 Å². The number of primary amides is 1. The zero-order valence-corrected chi connectivity index (χ0v) is 11.7. The highest BCUT2D eigenvalue weighted by Gasteiger charge is 2.31. The second kappa shape index (κ2) is 5.65. The third-order valence-electron chi connectivity index (χ3n) is 3.66. The number of aromatic nitrogens is 2. The lowest BCUT2D eigenvalue weighted by Gasteiger charge is -2.31. The van der Waals surface area contributed by atoms with Crippen molar-refractivity contribution in [1.82, 2.24) is 15.6 Å². The summed E-state index contributed by atoms with van der Waals surface area (Å²) in [5, 5.41) is 22.3. The topological polar surface area (TPSA) is 153 Å². The predicted molar refractivity (Wildman–Crippen MR) is 74.7 cm³/mol. The Bertz CT molecular complexity index is 790. The van der Waals surface area contributed by atoms with Crippen LogP contribution in [0.2, 0.25) is 0 Å². The third-order valence-corrected chi connectivity index (χ3v) is 3.66. The SMILES string of the molecule is NC(=O)C(N)c1nonc1/C(=N\O)N[C@H]1Cc2ccc(F)cc21. The summed E-state index contributed by atoms with van der Waals surface area (Å²) >= 11 is 0. The van der Waals surface area contributed by atoms with Crippen LogP contribution in [-0.2, 0) is 11.2 Å². The van der Waals surface area contributed by atoms with Gasteiger partial charge in [-0.25, -0.2) is 9.02 Å². The number of benzene rings is 1. The van der Waals surface area contributed by atoms with Crippen molar-refractivity contribution in [2.24, 2.45) is 16.6 Å². The van der Waals surface area contributed by atoms with Crippen molar-refractivity contribution in [3.63, 3.8) is 0 Å². The fraction of sp³-hybridized carbons (Fsp3) is 0.231. The minimum atomic E-state index is -1.26. The van der Waals surface area contributed by atoms with Crippen molar-refractivity contribution in [3.8, 4) is 0 Å². The highest BCUT2D eigenvalue weighted by Crippen LogP contribution is 2.33. The number of carbonyl (C=O) groups is 1. The number of halogens is 1. The number of rotatable bonds is 4. The lowest BCUT2D eigenvalue weighted by atomic mass is 9.83. The second-order valence-corrected chi connectivity index (χ2v) is 5.07. The molecule has 10 heteroatoms. The molecule has 1 aliphatic rings. The van der Waals surface area contributed by atoms with Crippen LogP contribution in [0.25, 0.3) is 0 Å². The van der Waals surface area contributed by atoms with Gasteiger partial charge >= 0.3 is 0 Å². The van der Waals surface area contributed by atoms with Crippen LogP contribution in [-0.4, -0.2) is 27.3 Å². The van der Waals surface area contributed by atoms with Gasteiger partial charge in [0.15, 0.2) is 11.5 Å². The number of oxime groups is 1. The molecule has 0 saturated carbocycles. The molecule has 9 nitrogen and oxygen atoms in total. The maximum absolute atomic E-state index is 13.3. The fourth-order valence-electron chi connectivity index (χ4n) is 2.41. The minimum Gasteiger partial charge on any atom is -0.409 e. The van der Waals surface area contributed by atoms with E-state index >= 15 is 0 Å². The molecule has 0 saturated heterocycles. The van der Waals surface area contributed by atoms with Crippen molar-refractivity contribution in [2.45, 2.75) is 18.5 Å². The zero-order valence-electron chi connectivity index (χ0n) is 11.7. The molecule has 1 heterocycles. The van der Waals surface area contributed by atoms with Gasteiger partial charge in [-0.15, -0.1) is 0 Å². The van der Waals surface area contributed by atoms with Crippen LogP contribution < -0.4 is 16.8 Å². The Balaban J connectivity index is 1.83. The van der Waals surface area contributed by atoms with Gasteiger partial charge < -0.3 is 22.0 Å². The van der Waals surface area contributed by atoms with Crippen molar-refractivity contribution < 1.29 is 19.0 Å². The van der Waals surface area contributed by atoms with Gasteiger partial charge in [0.05, 0.1) is 6.04 Å². The quantitative estimate of drug-likeness (QED) is 0.261. The average Bonchev–Trinajstić information content (AvgIpc) is 2.99. The van der Waals surface area contributed by atoms with Crippen molar-refractivity contribution in [2.75, 3.05) is 0 Å². The smallest absolute Gasteiger partial charge is 0.240 e. The first-order valence-corrected chi connectivity index (χ1v) is 6.66. The molecule has 0 fully saturated rings. The third kappa shape index (κ3) is 2.59. The second-order valence-electron chi connectivity index (χ2n) is 5.07. The van der Waals surface area contributed by atoms with Gasteiger partial charge in [0.2, 0.25) is 5.91 Å². The Morgan fingerprint density at radius 3 is 3.00 bits per heavy atom. The van der Waals surface area contributed by atoms with E-state index in [1.54, 1.807) is 6.07 Å². The number of nitrogens with one attached hydrogen (secondary N) is 1. The Kier molecular flexibility index (Phi) is 3.66. The molecular weight excluding hydrogens is 307 g/mol. The van der Waals surface area contributed by atoms with Gasteiger partial charge in [0.1, 0.15) is 17.6 Å². The summed E-state index contributed by atoms with van der Waals surface area (Å²) in [7, 11) is 0. The monoisotopic (exact) mass is 320 g/mol. The molecule has 0 bridgehead atoms. The lowest BCUT2D eigenvalue weighted by Crippen LogP contribution is -2.38. The van der Waals surface area contributed by atoms with Crippen molar-refractivity contribution >= 4 is 11.7 Å². The summed E-state index contributed by atoms with van der Waals surface area (Å²) in [6.07, 6.45) is 0.608. The highest BCUT2D eigenvalue weighted by atomic mass is 19.1. The van der Waals surface area contributed by atoms with Crippen molar-refractivity contribution in [3.05, 3.63) is 46.5 Å². The highest BCUT2D eigenvalue weighted by molar-refractivity contribution is 5.99. The number of hydrogen-bond acceptors (Lipinski definition) is 7. The predicted octanol–water partition coefficient (Wildman–Crippen LogP) is -0.283. The van der Waals surface area contributed by atoms with Crippen LogP contribution in [0.5, 0.6) is 0 Å². The average molecular weight is 320 g/mol. The van der Waals surface area contributed by atoms with Gasteiger partial charge in [0.25, 0.3) is 0 Å². The van der Waals surface area contributed by atoms with Crippen LogP contribution in [0.15, 0.2) is 28.0 Å². The van der Waals surface area contributed by atoms with Crippen LogP contribution in [0, 0.1) is 5.82 Å². The molecule has 0 spiro atoms. The number of hydrogen-bond donors (Lipinski definition) is 4. The summed E-state index contributed by atoms with van der Waals surface area (Å²) in [6, 6.07) is 2.91. The molecule has 0 aliphatic heterocycles. The van der Waals surface area contributed by atoms with E-state index in [-0.39, 0.29) is 29.1 Å². The molecule has 1 unspecified atom stereocenters. The minimum absolute atomic E-state index is 0.0383. The Labute approximate surface area is 129 Å².